The first kappa shape index (κ1) is 15.7. The molecule has 1 atom stereocenters. The summed E-state index contributed by atoms with van der Waals surface area (Å²) in [5.74, 6) is 0.296. The molecule has 0 fully saturated rings. The fourth-order valence-electron chi connectivity index (χ4n) is 2.44. The number of benzene rings is 2. The van der Waals surface area contributed by atoms with Crippen molar-refractivity contribution < 1.29 is 5.11 Å². The molecule has 0 aliphatic carbocycles. The van der Waals surface area contributed by atoms with Crippen LogP contribution in [0.3, 0.4) is 0 Å². The number of hydrogen-bond acceptors (Lipinski definition) is 2. The summed E-state index contributed by atoms with van der Waals surface area (Å²) in [5, 5.41) is 13.1. The molecule has 0 radical (unpaired) electrons. The molecular weight excluding hydrogens is 258 g/mol. The van der Waals surface area contributed by atoms with E-state index in [4.69, 9.17) is 0 Å². The van der Waals surface area contributed by atoms with Crippen molar-refractivity contribution in [2.24, 2.45) is 0 Å². The number of aliphatic hydroxyl groups excluding tert-OH is 1. The minimum atomic E-state index is -0.220. The van der Waals surface area contributed by atoms with E-state index in [2.05, 4.69) is 67.7 Å². The Bertz CT molecular complexity index is 480. The Morgan fingerprint density at radius 3 is 1.81 bits per heavy atom. The Hall–Kier alpha value is -1.64. The van der Waals surface area contributed by atoms with Gasteiger partial charge in [0.1, 0.15) is 0 Å². The molecule has 2 rings (SSSR count). The molecule has 2 aromatic rings. The van der Waals surface area contributed by atoms with Crippen molar-refractivity contribution in [3.63, 3.8) is 0 Å². The number of rotatable bonds is 7. The summed E-state index contributed by atoms with van der Waals surface area (Å²) >= 11 is 0. The van der Waals surface area contributed by atoms with Gasteiger partial charge in [-0.1, -0.05) is 67.6 Å². The Labute approximate surface area is 127 Å². The highest BCUT2D eigenvalue weighted by Gasteiger charge is 2.23. The van der Waals surface area contributed by atoms with Crippen LogP contribution in [-0.4, -0.2) is 23.8 Å². The first-order valence-electron chi connectivity index (χ1n) is 7.64. The first-order valence-corrected chi connectivity index (χ1v) is 7.64. The average Bonchev–Trinajstić information content (AvgIpc) is 2.57. The SMILES string of the molecule is CCC(C)(CO)NCC(c1ccccc1)c1ccccc1. The van der Waals surface area contributed by atoms with Gasteiger partial charge in [-0.05, 0) is 24.5 Å². The van der Waals surface area contributed by atoms with E-state index in [0.717, 1.165) is 13.0 Å². The zero-order chi connectivity index (χ0) is 15.1. The fraction of sp³-hybridized carbons (Fsp3) is 0.368. The van der Waals surface area contributed by atoms with E-state index in [-0.39, 0.29) is 12.1 Å². The van der Waals surface area contributed by atoms with Crippen LogP contribution >= 0.6 is 0 Å². The van der Waals surface area contributed by atoms with Crippen molar-refractivity contribution in [2.75, 3.05) is 13.2 Å². The largest absolute Gasteiger partial charge is 0.394 e. The molecule has 0 amide bonds. The van der Waals surface area contributed by atoms with Crippen LogP contribution in [0.2, 0.25) is 0 Å². The maximum Gasteiger partial charge on any atom is 0.0610 e. The summed E-state index contributed by atoms with van der Waals surface area (Å²) in [6.07, 6.45) is 0.903. The van der Waals surface area contributed by atoms with Crippen LogP contribution < -0.4 is 5.32 Å². The van der Waals surface area contributed by atoms with E-state index in [1.54, 1.807) is 0 Å². The van der Waals surface area contributed by atoms with Crippen LogP contribution in [-0.2, 0) is 0 Å². The van der Waals surface area contributed by atoms with Crippen molar-refractivity contribution in [3.8, 4) is 0 Å². The minimum Gasteiger partial charge on any atom is -0.394 e. The molecule has 2 aromatic carbocycles. The van der Waals surface area contributed by atoms with Crippen LogP contribution in [0.15, 0.2) is 60.7 Å². The van der Waals surface area contributed by atoms with Gasteiger partial charge in [-0.25, -0.2) is 0 Å². The van der Waals surface area contributed by atoms with Gasteiger partial charge in [-0.3, -0.25) is 0 Å². The Morgan fingerprint density at radius 2 is 1.43 bits per heavy atom. The van der Waals surface area contributed by atoms with Gasteiger partial charge in [0.25, 0.3) is 0 Å². The van der Waals surface area contributed by atoms with Gasteiger partial charge < -0.3 is 10.4 Å². The molecule has 0 heterocycles. The lowest BCUT2D eigenvalue weighted by Crippen LogP contribution is -2.46. The molecule has 0 aliphatic rings. The third kappa shape index (κ3) is 4.16. The molecule has 2 nitrogen and oxygen atoms in total. The Balaban J connectivity index is 2.22. The Morgan fingerprint density at radius 1 is 0.952 bits per heavy atom. The highest BCUT2D eigenvalue weighted by molar-refractivity contribution is 5.32. The van der Waals surface area contributed by atoms with E-state index >= 15 is 0 Å². The van der Waals surface area contributed by atoms with E-state index < -0.39 is 0 Å². The lowest BCUT2D eigenvalue weighted by atomic mass is 9.89. The molecule has 0 aromatic heterocycles. The number of hydrogen-bond donors (Lipinski definition) is 2. The molecule has 0 saturated heterocycles. The van der Waals surface area contributed by atoms with E-state index in [1.807, 2.05) is 12.1 Å². The second-order valence-electron chi connectivity index (χ2n) is 5.83. The lowest BCUT2D eigenvalue weighted by molar-refractivity contribution is 0.169. The van der Waals surface area contributed by atoms with Crippen LogP contribution in [0.25, 0.3) is 0 Å². The summed E-state index contributed by atoms with van der Waals surface area (Å²) in [5.41, 5.74) is 2.38. The van der Waals surface area contributed by atoms with Gasteiger partial charge in [0.15, 0.2) is 0 Å². The van der Waals surface area contributed by atoms with Gasteiger partial charge in [0.2, 0.25) is 0 Å². The van der Waals surface area contributed by atoms with Gasteiger partial charge in [-0.2, -0.15) is 0 Å². The molecule has 1 unspecified atom stereocenters. The van der Waals surface area contributed by atoms with Crippen molar-refractivity contribution in [2.45, 2.75) is 31.7 Å². The number of nitrogens with one attached hydrogen (secondary N) is 1. The van der Waals surface area contributed by atoms with Gasteiger partial charge in [-0.15, -0.1) is 0 Å². The summed E-state index contributed by atoms with van der Waals surface area (Å²) in [6.45, 7) is 5.14. The predicted molar refractivity (Wildman–Crippen MR) is 88.5 cm³/mol. The van der Waals surface area contributed by atoms with Crippen molar-refractivity contribution in [1.29, 1.82) is 0 Å². The number of aliphatic hydroxyl groups is 1. The zero-order valence-corrected chi connectivity index (χ0v) is 12.9. The summed E-state index contributed by atoms with van der Waals surface area (Å²) in [7, 11) is 0. The lowest BCUT2D eigenvalue weighted by Gasteiger charge is -2.30. The van der Waals surface area contributed by atoms with E-state index in [1.165, 1.54) is 11.1 Å². The molecule has 2 heteroatoms. The van der Waals surface area contributed by atoms with Gasteiger partial charge in [0.05, 0.1) is 6.61 Å². The second-order valence-corrected chi connectivity index (χ2v) is 5.83. The van der Waals surface area contributed by atoms with Gasteiger partial charge >= 0.3 is 0 Å². The third-order valence-corrected chi connectivity index (χ3v) is 4.27. The zero-order valence-electron chi connectivity index (χ0n) is 12.9. The molecule has 112 valence electrons. The Kier molecular flexibility index (Phi) is 5.54. The predicted octanol–water partition coefficient (Wildman–Crippen LogP) is 3.57. The molecular formula is C19H25NO. The molecule has 0 spiro atoms. The van der Waals surface area contributed by atoms with Gasteiger partial charge in [0, 0.05) is 18.0 Å². The van der Waals surface area contributed by atoms with Crippen LogP contribution in [0.1, 0.15) is 37.3 Å². The van der Waals surface area contributed by atoms with Crippen molar-refractivity contribution in [1.82, 2.24) is 5.32 Å². The van der Waals surface area contributed by atoms with Crippen LogP contribution in [0.4, 0.5) is 0 Å². The monoisotopic (exact) mass is 283 g/mol. The average molecular weight is 283 g/mol. The first-order chi connectivity index (χ1) is 10.2. The molecule has 0 saturated carbocycles. The maximum atomic E-state index is 9.58. The standard InChI is InChI=1S/C19H25NO/c1-3-19(2,15-21)20-14-18(16-10-6-4-7-11-16)17-12-8-5-9-13-17/h4-13,18,20-21H,3,14-15H2,1-2H3. The molecule has 0 aliphatic heterocycles. The molecule has 0 bridgehead atoms. The van der Waals surface area contributed by atoms with Crippen molar-refractivity contribution >= 4 is 0 Å². The normalized spacial score (nSPS) is 14.1. The molecule has 2 N–H and O–H groups in total. The highest BCUT2D eigenvalue weighted by atomic mass is 16.3. The smallest absolute Gasteiger partial charge is 0.0610 e. The van der Waals surface area contributed by atoms with E-state index in [9.17, 15) is 5.11 Å². The van der Waals surface area contributed by atoms with E-state index in [0.29, 0.717) is 5.92 Å². The fourth-order valence-corrected chi connectivity index (χ4v) is 2.44. The topological polar surface area (TPSA) is 32.3 Å². The summed E-state index contributed by atoms with van der Waals surface area (Å²) < 4.78 is 0. The minimum absolute atomic E-state index is 0.153. The maximum absolute atomic E-state index is 9.58. The summed E-state index contributed by atoms with van der Waals surface area (Å²) in [6, 6.07) is 21.1. The quantitative estimate of drug-likeness (QED) is 0.814. The third-order valence-electron chi connectivity index (χ3n) is 4.27. The van der Waals surface area contributed by atoms with Crippen LogP contribution in [0.5, 0.6) is 0 Å². The van der Waals surface area contributed by atoms with Crippen LogP contribution in [0, 0.1) is 0 Å². The molecule has 21 heavy (non-hydrogen) atoms. The highest BCUT2D eigenvalue weighted by Crippen LogP contribution is 2.24. The summed E-state index contributed by atoms with van der Waals surface area (Å²) in [4.78, 5) is 0. The van der Waals surface area contributed by atoms with Crippen molar-refractivity contribution in [3.05, 3.63) is 71.8 Å². The second kappa shape index (κ2) is 7.39.